The molecule has 4 heteroatoms. The number of rotatable bonds is 6. The van der Waals surface area contributed by atoms with Gasteiger partial charge in [0.2, 0.25) is 0 Å². The van der Waals surface area contributed by atoms with Gasteiger partial charge in [-0.1, -0.05) is 158 Å². The molecule has 4 nitrogen and oxygen atoms in total. The maximum absolute atomic E-state index is 6.44. The van der Waals surface area contributed by atoms with Crippen molar-refractivity contribution >= 4 is 43.6 Å². The Morgan fingerprint density at radius 3 is 1.49 bits per heavy atom. The van der Waals surface area contributed by atoms with Crippen molar-refractivity contribution in [3.8, 4) is 67.4 Å². The molecule has 0 bridgehead atoms. The second kappa shape index (κ2) is 13.6. The summed E-state index contributed by atoms with van der Waals surface area (Å²) in [5, 5.41) is 5.34. The summed E-state index contributed by atoms with van der Waals surface area (Å²) in [6.45, 7) is 0. The van der Waals surface area contributed by atoms with Crippen LogP contribution in [-0.2, 0) is 0 Å². The van der Waals surface area contributed by atoms with E-state index >= 15 is 0 Å². The smallest absolute Gasteiger partial charge is 0.162 e. The fourth-order valence-electron chi connectivity index (χ4n) is 8.17. The summed E-state index contributed by atoms with van der Waals surface area (Å²) >= 11 is 0. The Bertz CT molecular complexity index is 3180. The summed E-state index contributed by atoms with van der Waals surface area (Å²) in [5.41, 5.74) is 13.6. The van der Waals surface area contributed by atoms with Gasteiger partial charge in [-0.05, 0) is 64.7 Å². The molecule has 11 aromatic rings. The van der Waals surface area contributed by atoms with Crippen LogP contribution in [0.5, 0.6) is 0 Å². The van der Waals surface area contributed by atoms with E-state index in [9.17, 15) is 0 Å². The highest BCUT2D eigenvalue weighted by Gasteiger charge is 2.21. The average molecular weight is 728 g/mol. The standard InChI is InChI=1S/C53H33N3O/c1-4-15-34(16-5-1)37-21-12-23-39(31-37)45-33-46(40-24-13-22-38(32-40)35-17-6-2-7-18-35)55-53(54-45)44-27-14-26-42-49-43(51(56-52(42)44)36-19-8-3-9-20-36)29-30-48-50(49)41-25-10-11-28-47(41)57-48/h1-33H. The van der Waals surface area contributed by atoms with Crippen LogP contribution in [0.2, 0.25) is 0 Å². The molecule has 0 spiro atoms. The number of benzene rings is 8. The van der Waals surface area contributed by atoms with Crippen LogP contribution < -0.4 is 0 Å². The van der Waals surface area contributed by atoms with Crippen molar-refractivity contribution in [3.05, 3.63) is 200 Å². The number of pyridine rings is 1. The van der Waals surface area contributed by atoms with Crippen LogP contribution >= 0.6 is 0 Å². The lowest BCUT2D eigenvalue weighted by molar-refractivity contribution is 0.669. The number of aromatic nitrogens is 3. The highest BCUT2D eigenvalue weighted by molar-refractivity contribution is 6.29. The first kappa shape index (κ1) is 32.7. The number of hydrogen-bond acceptors (Lipinski definition) is 4. The number of fused-ring (bicyclic) bond motifs is 7. The fraction of sp³-hybridized carbons (Fsp3) is 0. The van der Waals surface area contributed by atoms with Crippen LogP contribution in [0.25, 0.3) is 111 Å². The fourth-order valence-corrected chi connectivity index (χ4v) is 8.17. The van der Waals surface area contributed by atoms with Crippen LogP contribution in [0.15, 0.2) is 205 Å². The Morgan fingerprint density at radius 1 is 0.316 bits per heavy atom. The Hall–Kier alpha value is -7.69. The highest BCUT2D eigenvalue weighted by Crippen LogP contribution is 2.43. The van der Waals surface area contributed by atoms with Crippen LogP contribution in [0.4, 0.5) is 0 Å². The number of para-hydroxylation sites is 2. The van der Waals surface area contributed by atoms with Crippen molar-refractivity contribution < 1.29 is 4.42 Å². The summed E-state index contributed by atoms with van der Waals surface area (Å²) in [5.74, 6) is 0.610. The van der Waals surface area contributed by atoms with Gasteiger partial charge >= 0.3 is 0 Å². The maximum atomic E-state index is 6.44. The summed E-state index contributed by atoms with van der Waals surface area (Å²) in [6, 6.07) is 69.6. The van der Waals surface area contributed by atoms with Crippen molar-refractivity contribution in [2.75, 3.05) is 0 Å². The molecule has 0 saturated carbocycles. The van der Waals surface area contributed by atoms with Gasteiger partial charge in [-0.3, -0.25) is 0 Å². The van der Waals surface area contributed by atoms with E-state index in [-0.39, 0.29) is 0 Å². The van der Waals surface area contributed by atoms with E-state index in [0.29, 0.717) is 5.82 Å². The maximum Gasteiger partial charge on any atom is 0.162 e. The monoisotopic (exact) mass is 727 g/mol. The van der Waals surface area contributed by atoms with E-state index in [1.54, 1.807) is 0 Å². The summed E-state index contributed by atoms with van der Waals surface area (Å²) < 4.78 is 6.44. The van der Waals surface area contributed by atoms with Gasteiger partial charge in [0.15, 0.2) is 5.82 Å². The molecule has 3 heterocycles. The van der Waals surface area contributed by atoms with Crippen molar-refractivity contribution in [3.63, 3.8) is 0 Å². The topological polar surface area (TPSA) is 51.8 Å². The van der Waals surface area contributed by atoms with Crippen LogP contribution in [0.1, 0.15) is 0 Å². The first-order valence-corrected chi connectivity index (χ1v) is 19.2. The molecular weight excluding hydrogens is 695 g/mol. The van der Waals surface area contributed by atoms with Gasteiger partial charge in [0, 0.05) is 49.2 Å². The quantitative estimate of drug-likeness (QED) is 0.160. The Balaban J connectivity index is 1.20. The number of furan rings is 1. The molecule has 0 amide bonds. The first-order chi connectivity index (χ1) is 28.2. The lowest BCUT2D eigenvalue weighted by Gasteiger charge is -2.15. The van der Waals surface area contributed by atoms with Crippen molar-refractivity contribution in [1.82, 2.24) is 15.0 Å². The summed E-state index contributed by atoms with van der Waals surface area (Å²) in [7, 11) is 0. The molecule has 57 heavy (non-hydrogen) atoms. The lowest BCUT2D eigenvalue weighted by Crippen LogP contribution is -1.99. The zero-order chi connectivity index (χ0) is 37.7. The lowest BCUT2D eigenvalue weighted by atomic mass is 9.94. The Kier molecular flexibility index (Phi) is 7.78. The second-order valence-corrected chi connectivity index (χ2v) is 14.3. The molecule has 0 aliphatic rings. The minimum Gasteiger partial charge on any atom is -0.456 e. The van der Waals surface area contributed by atoms with Gasteiger partial charge in [-0.25, -0.2) is 15.0 Å². The number of hydrogen-bond donors (Lipinski definition) is 0. The Morgan fingerprint density at radius 2 is 0.842 bits per heavy atom. The summed E-state index contributed by atoms with van der Waals surface area (Å²) in [4.78, 5) is 16.3. The average Bonchev–Trinajstić information content (AvgIpc) is 3.68. The first-order valence-electron chi connectivity index (χ1n) is 19.2. The van der Waals surface area contributed by atoms with Crippen LogP contribution in [0, 0.1) is 0 Å². The van der Waals surface area contributed by atoms with E-state index in [4.69, 9.17) is 19.4 Å². The molecular formula is C53H33N3O. The molecule has 0 aliphatic heterocycles. The molecule has 0 aliphatic carbocycles. The van der Waals surface area contributed by atoms with Gasteiger partial charge in [0.25, 0.3) is 0 Å². The van der Waals surface area contributed by atoms with E-state index in [0.717, 1.165) is 105 Å². The predicted molar refractivity (Wildman–Crippen MR) is 235 cm³/mol. The van der Waals surface area contributed by atoms with Gasteiger partial charge < -0.3 is 4.42 Å². The van der Waals surface area contributed by atoms with E-state index in [1.807, 2.05) is 30.3 Å². The third kappa shape index (κ3) is 5.74. The van der Waals surface area contributed by atoms with E-state index in [1.165, 1.54) is 0 Å². The molecule has 0 radical (unpaired) electrons. The van der Waals surface area contributed by atoms with Gasteiger partial charge in [0.1, 0.15) is 11.2 Å². The Labute approximate surface area is 329 Å². The van der Waals surface area contributed by atoms with Gasteiger partial charge in [-0.2, -0.15) is 0 Å². The molecule has 0 N–H and O–H groups in total. The van der Waals surface area contributed by atoms with Crippen LogP contribution in [0.3, 0.4) is 0 Å². The van der Waals surface area contributed by atoms with Crippen molar-refractivity contribution in [1.29, 1.82) is 0 Å². The molecule has 3 aromatic heterocycles. The third-order valence-corrected chi connectivity index (χ3v) is 10.9. The molecule has 11 rings (SSSR count). The van der Waals surface area contributed by atoms with Gasteiger partial charge in [0.05, 0.1) is 22.6 Å². The molecule has 0 atom stereocenters. The normalized spacial score (nSPS) is 11.5. The van der Waals surface area contributed by atoms with E-state index < -0.39 is 0 Å². The molecule has 8 aromatic carbocycles. The molecule has 0 unspecified atom stereocenters. The van der Waals surface area contributed by atoms with Crippen LogP contribution in [-0.4, -0.2) is 15.0 Å². The summed E-state index contributed by atoms with van der Waals surface area (Å²) in [6.07, 6.45) is 0. The zero-order valence-corrected chi connectivity index (χ0v) is 30.8. The zero-order valence-electron chi connectivity index (χ0n) is 30.8. The largest absolute Gasteiger partial charge is 0.456 e. The molecule has 0 saturated heterocycles. The van der Waals surface area contributed by atoms with Crippen molar-refractivity contribution in [2.45, 2.75) is 0 Å². The minimum absolute atomic E-state index is 0.610. The van der Waals surface area contributed by atoms with Gasteiger partial charge in [-0.15, -0.1) is 0 Å². The SMILES string of the molecule is c1ccc(-c2cccc(-c3cc(-c4cccc(-c5ccccc5)c4)nc(-c4cccc5c4nc(-c4ccccc4)c4ccc6oc7ccccc7c6c45)n3)c2)cc1. The van der Waals surface area contributed by atoms with E-state index in [2.05, 4.69) is 170 Å². The minimum atomic E-state index is 0.610. The van der Waals surface area contributed by atoms with Crippen molar-refractivity contribution in [2.24, 2.45) is 0 Å². The third-order valence-electron chi connectivity index (χ3n) is 10.9. The second-order valence-electron chi connectivity index (χ2n) is 14.3. The molecule has 0 fully saturated rings. The number of nitrogens with zero attached hydrogens (tertiary/aromatic N) is 3. The predicted octanol–water partition coefficient (Wildman–Crippen LogP) is 14.1. The highest BCUT2D eigenvalue weighted by atomic mass is 16.3. The molecule has 266 valence electrons.